The zero-order valence-electron chi connectivity index (χ0n) is 8.95. The fourth-order valence-corrected chi connectivity index (χ4v) is 2.01. The van der Waals surface area contributed by atoms with E-state index < -0.39 is 0 Å². The highest BCUT2D eigenvalue weighted by atomic mass is 35.5. The minimum Gasteiger partial charge on any atom is -0.376 e. The summed E-state index contributed by atoms with van der Waals surface area (Å²) in [7, 11) is 0. The molecular weight excluding hydrogens is 210 g/mol. The van der Waals surface area contributed by atoms with Crippen LogP contribution in [0.2, 0.25) is 5.02 Å². The zero-order valence-corrected chi connectivity index (χ0v) is 9.70. The molecule has 1 aromatic rings. The van der Waals surface area contributed by atoms with Crippen molar-refractivity contribution in [2.24, 2.45) is 0 Å². The molecule has 2 rings (SSSR count). The third-order valence-corrected chi connectivity index (χ3v) is 2.90. The van der Waals surface area contributed by atoms with Gasteiger partial charge in [0.25, 0.3) is 0 Å². The molecule has 2 nitrogen and oxygen atoms in total. The molecule has 0 amide bonds. The fraction of sp³-hybridized carbons (Fsp3) is 0.500. The standard InChI is InChI=1S/C12H16ClNO/c1-10-8-14(6-7-15-10)9-11-2-4-12(13)5-3-11/h2-5,10H,6-9H2,1H3. The SMILES string of the molecule is CC1CN(Cc2ccc(Cl)cc2)CCO1. The van der Waals surface area contributed by atoms with Crippen molar-refractivity contribution in [3.8, 4) is 0 Å². The maximum Gasteiger partial charge on any atom is 0.0674 e. The molecule has 0 saturated carbocycles. The molecule has 1 fully saturated rings. The van der Waals surface area contributed by atoms with Gasteiger partial charge in [0.05, 0.1) is 12.7 Å². The van der Waals surface area contributed by atoms with Crippen LogP contribution in [0.4, 0.5) is 0 Å². The lowest BCUT2D eigenvalue weighted by Crippen LogP contribution is -2.40. The van der Waals surface area contributed by atoms with E-state index in [1.165, 1.54) is 5.56 Å². The molecule has 1 aliphatic heterocycles. The van der Waals surface area contributed by atoms with Crippen molar-refractivity contribution in [2.45, 2.75) is 19.6 Å². The number of nitrogens with zero attached hydrogens (tertiary/aromatic N) is 1. The Labute approximate surface area is 95.8 Å². The Bertz CT molecular complexity index is 312. The summed E-state index contributed by atoms with van der Waals surface area (Å²) in [6.07, 6.45) is 0.353. The number of ether oxygens (including phenoxy) is 1. The third kappa shape index (κ3) is 3.20. The fourth-order valence-electron chi connectivity index (χ4n) is 1.88. The molecule has 1 aliphatic rings. The van der Waals surface area contributed by atoms with Gasteiger partial charge in [0.15, 0.2) is 0 Å². The van der Waals surface area contributed by atoms with Crippen molar-refractivity contribution >= 4 is 11.6 Å². The highest BCUT2D eigenvalue weighted by Crippen LogP contribution is 2.13. The molecule has 1 heterocycles. The summed E-state index contributed by atoms with van der Waals surface area (Å²) in [5.74, 6) is 0. The van der Waals surface area contributed by atoms with Crippen LogP contribution in [0.15, 0.2) is 24.3 Å². The van der Waals surface area contributed by atoms with Crippen LogP contribution in [0.25, 0.3) is 0 Å². The molecule has 0 N–H and O–H groups in total. The van der Waals surface area contributed by atoms with Crippen LogP contribution in [0.5, 0.6) is 0 Å². The van der Waals surface area contributed by atoms with Gasteiger partial charge < -0.3 is 4.74 Å². The van der Waals surface area contributed by atoms with Crippen LogP contribution in [0.1, 0.15) is 12.5 Å². The van der Waals surface area contributed by atoms with E-state index in [0.29, 0.717) is 6.10 Å². The van der Waals surface area contributed by atoms with E-state index >= 15 is 0 Å². The average Bonchev–Trinajstić information content (AvgIpc) is 2.22. The lowest BCUT2D eigenvalue weighted by Gasteiger charge is -2.31. The number of hydrogen-bond acceptors (Lipinski definition) is 2. The minimum atomic E-state index is 0.353. The summed E-state index contributed by atoms with van der Waals surface area (Å²) < 4.78 is 5.50. The first-order chi connectivity index (χ1) is 7.24. The second-order valence-corrected chi connectivity index (χ2v) is 4.48. The summed E-state index contributed by atoms with van der Waals surface area (Å²) in [5.41, 5.74) is 1.31. The lowest BCUT2D eigenvalue weighted by atomic mass is 10.2. The van der Waals surface area contributed by atoms with Gasteiger partial charge in [-0.25, -0.2) is 0 Å². The third-order valence-electron chi connectivity index (χ3n) is 2.64. The van der Waals surface area contributed by atoms with Gasteiger partial charge in [-0.3, -0.25) is 4.90 Å². The van der Waals surface area contributed by atoms with E-state index in [9.17, 15) is 0 Å². The van der Waals surface area contributed by atoms with E-state index in [4.69, 9.17) is 16.3 Å². The zero-order chi connectivity index (χ0) is 10.7. The van der Waals surface area contributed by atoms with Crippen molar-refractivity contribution in [1.82, 2.24) is 4.90 Å². The van der Waals surface area contributed by atoms with Crippen LogP contribution < -0.4 is 0 Å². The predicted octanol–water partition coefficient (Wildman–Crippen LogP) is 2.56. The maximum atomic E-state index is 5.84. The minimum absolute atomic E-state index is 0.353. The second-order valence-electron chi connectivity index (χ2n) is 4.04. The molecule has 15 heavy (non-hydrogen) atoms. The van der Waals surface area contributed by atoms with Gasteiger partial charge in [0, 0.05) is 24.7 Å². The molecule has 1 saturated heterocycles. The first-order valence-electron chi connectivity index (χ1n) is 5.32. The van der Waals surface area contributed by atoms with E-state index in [1.54, 1.807) is 0 Å². The van der Waals surface area contributed by atoms with Gasteiger partial charge in [-0.1, -0.05) is 23.7 Å². The molecule has 1 unspecified atom stereocenters. The van der Waals surface area contributed by atoms with Crippen LogP contribution >= 0.6 is 11.6 Å². The van der Waals surface area contributed by atoms with Crippen molar-refractivity contribution in [1.29, 1.82) is 0 Å². The maximum absolute atomic E-state index is 5.84. The van der Waals surface area contributed by atoms with Crippen molar-refractivity contribution in [3.05, 3.63) is 34.9 Å². The summed E-state index contributed by atoms with van der Waals surface area (Å²) in [4.78, 5) is 2.41. The summed E-state index contributed by atoms with van der Waals surface area (Å²) in [6, 6.07) is 8.06. The first-order valence-corrected chi connectivity index (χ1v) is 5.70. The molecule has 0 bridgehead atoms. The topological polar surface area (TPSA) is 12.5 Å². The van der Waals surface area contributed by atoms with Crippen molar-refractivity contribution in [3.63, 3.8) is 0 Å². The second kappa shape index (κ2) is 4.97. The van der Waals surface area contributed by atoms with Gasteiger partial charge in [0.2, 0.25) is 0 Å². The molecular formula is C12H16ClNO. The molecule has 1 aromatic carbocycles. The Morgan fingerprint density at radius 1 is 1.40 bits per heavy atom. The average molecular weight is 226 g/mol. The Hall–Kier alpha value is -0.570. The Balaban J connectivity index is 1.93. The monoisotopic (exact) mass is 225 g/mol. The molecule has 3 heteroatoms. The van der Waals surface area contributed by atoms with E-state index in [1.807, 2.05) is 12.1 Å². The van der Waals surface area contributed by atoms with E-state index in [2.05, 4.69) is 24.0 Å². The summed E-state index contributed by atoms with van der Waals surface area (Å²) in [5, 5.41) is 0.800. The number of rotatable bonds is 2. The Morgan fingerprint density at radius 3 is 2.80 bits per heavy atom. The molecule has 0 aliphatic carbocycles. The Morgan fingerprint density at radius 2 is 2.13 bits per heavy atom. The normalized spacial score (nSPS) is 22.9. The largest absolute Gasteiger partial charge is 0.376 e. The van der Waals surface area contributed by atoms with Crippen molar-refractivity contribution in [2.75, 3.05) is 19.7 Å². The Kier molecular flexibility index (Phi) is 3.62. The van der Waals surface area contributed by atoms with E-state index in [-0.39, 0.29) is 0 Å². The molecule has 1 atom stereocenters. The van der Waals surface area contributed by atoms with Gasteiger partial charge in [-0.15, -0.1) is 0 Å². The number of benzene rings is 1. The number of morpholine rings is 1. The van der Waals surface area contributed by atoms with Gasteiger partial charge in [0.1, 0.15) is 0 Å². The number of hydrogen-bond donors (Lipinski definition) is 0. The van der Waals surface area contributed by atoms with E-state index in [0.717, 1.165) is 31.3 Å². The summed E-state index contributed by atoms with van der Waals surface area (Å²) >= 11 is 5.84. The molecule has 82 valence electrons. The van der Waals surface area contributed by atoms with Crippen LogP contribution in [-0.4, -0.2) is 30.7 Å². The lowest BCUT2D eigenvalue weighted by molar-refractivity contribution is -0.0212. The highest BCUT2D eigenvalue weighted by Gasteiger charge is 2.16. The molecule has 0 aromatic heterocycles. The van der Waals surface area contributed by atoms with Gasteiger partial charge >= 0.3 is 0 Å². The smallest absolute Gasteiger partial charge is 0.0674 e. The van der Waals surface area contributed by atoms with Gasteiger partial charge in [-0.05, 0) is 24.6 Å². The molecule has 0 spiro atoms. The molecule has 0 radical (unpaired) electrons. The summed E-state index contributed by atoms with van der Waals surface area (Å²) in [6.45, 7) is 5.99. The van der Waals surface area contributed by atoms with Crippen LogP contribution in [-0.2, 0) is 11.3 Å². The van der Waals surface area contributed by atoms with Crippen LogP contribution in [0, 0.1) is 0 Å². The number of halogens is 1. The highest BCUT2D eigenvalue weighted by molar-refractivity contribution is 6.30. The van der Waals surface area contributed by atoms with Crippen LogP contribution in [0.3, 0.4) is 0 Å². The quantitative estimate of drug-likeness (QED) is 0.767. The van der Waals surface area contributed by atoms with Gasteiger partial charge in [-0.2, -0.15) is 0 Å². The van der Waals surface area contributed by atoms with Crippen molar-refractivity contribution < 1.29 is 4.74 Å². The predicted molar refractivity (Wildman–Crippen MR) is 62.1 cm³/mol. The first kappa shape index (κ1) is 10.9.